The van der Waals surface area contributed by atoms with Crippen LogP contribution in [0.1, 0.15) is 49.8 Å². The first-order valence-corrected chi connectivity index (χ1v) is 13.9. The number of alkyl halides is 6. The van der Waals surface area contributed by atoms with Crippen molar-refractivity contribution < 1.29 is 39.6 Å². The molecule has 214 valence electrons. The van der Waals surface area contributed by atoms with Gasteiger partial charge in [-0.05, 0) is 61.1 Å². The van der Waals surface area contributed by atoms with Gasteiger partial charge < -0.3 is 4.90 Å². The van der Waals surface area contributed by atoms with Gasteiger partial charge in [-0.1, -0.05) is 32.0 Å². The Balaban J connectivity index is 1.59. The number of amides is 1. The number of benzene rings is 2. The summed E-state index contributed by atoms with van der Waals surface area (Å²) in [5.41, 5.74) is -2.65. The fourth-order valence-corrected chi connectivity index (χ4v) is 6.73. The lowest BCUT2D eigenvalue weighted by molar-refractivity contribution is -0.138. The highest BCUT2D eigenvalue weighted by Crippen LogP contribution is 2.38. The van der Waals surface area contributed by atoms with E-state index in [0.29, 0.717) is 12.5 Å². The van der Waals surface area contributed by atoms with E-state index >= 15 is 0 Å². The van der Waals surface area contributed by atoms with Crippen LogP contribution < -0.4 is 5.32 Å². The number of nitrogens with one attached hydrogen (secondary N) is 1. The molecule has 0 aromatic heterocycles. The number of sulfonamides is 1. The Labute approximate surface area is 223 Å². The monoisotopic (exact) mass is 577 g/mol. The molecule has 1 spiro atoms. The van der Waals surface area contributed by atoms with Gasteiger partial charge in [0.25, 0.3) is 0 Å². The topological polar surface area (TPSA) is 69.7 Å². The molecule has 0 bridgehead atoms. The minimum atomic E-state index is -4.71. The van der Waals surface area contributed by atoms with Gasteiger partial charge in [-0.25, -0.2) is 8.42 Å². The molecule has 1 amide bonds. The van der Waals surface area contributed by atoms with E-state index in [1.54, 1.807) is 0 Å². The zero-order valence-corrected chi connectivity index (χ0v) is 22.1. The first-order chi connectivity index (χ1) is 18.0. The standard InChI is InChI=1S/C26H29F6N3O3S/c1-17(2)13-22-23(36)35(16-18-5-3-6-19(14-18)25(27,28)29)24(33-22)9-11-34(12-10-24)39(37,38)21-8-4-7-20(15-21)26(30,31)32/h3-8,14-15,17,22,33H,9-13,16H2,1-2H3/t22-/m1/s1. The summed E-state index contributed by atoms with van der Waals surface area (Å²) in [5.74, 6) is -0.145. The zero-order chi connectivity index (χ0) is 28.8. The van der Waals surface area contributed by atoms with E-state index in [1.165, 1.54) is 17.0 Å². The van der Waals surface area contributed by atoms with E-state index in [9.17, 15) is 39.6 Å². The molecule has 2 aromatic rings. The molecule has 39 heavy (non-hydrogen) atoms. The fraction of sp³-hybridized carbons (Fsp3) is 0.500. The molecule has 0 radical (unpaired) electrons. The predicted molar refractivity (Wildman–Crippen MR) is 131 cm³/mol. The highest BCUT2D eigenvalue weighted by atomic mass is 32.2. The first kappa shape index (κ1) is 29.3. The third-order valence-electron chi connectivity index (χ3n) is 7.17. The molecule has 2 aromatic carbocycles. The van der Waals surface area contributed by atoms with Crippen molar-refractivity contribution in [3.05, 3.63) is 65.2 Å². The number of carbonyl (C=O) groups is 1. The third-order valence-corrected chi connectivity index (χ3v) is 9.07. The summed E-state index contributed by atoms with van der Waals surface area (Å²) in [5, 5.41) is 3.33. The minimum absolute atomic E-state index is 0.0909. The third kappa shape index (κ3) is 6.09. The Kier molecular flexibility index (Phi) is 7.82. The number of rotatable bonds is 6. The van der Waals surface area contributed by atoms with Crippen LogP contribution in [-0.4, -0.2) is 48.3 Å². The summed E-state index contributed by atoms with van der Waals surface area (Å²) in [4.78, 5) is 14.4. The molecule has 2 aliphatic rings. The first-order valence-electron chi connectivity index (χ1n) is 12.5. The molecular formula is C26H29F6N3O3S. The number of halogens is 6. The summed E-state index contributed by atoms with van der Waals surface area (Å²) in [7, 11) is -4.26. The van der Waals surface area contributed by atoms with E-state index in [0.717, 1.165) is 34.6 Å². The van der Waals surface area contributed by atoms with Gasteiger partial charge in [0.15, 0.2) is 0 Å². The molecule has 2 fully saturated rings. The van der Waals surface area contributed by atoms with Crippen LogP contribution in [0, 0.1) is 5.92 Å². The number of hydrogen-bond acceptors (Lipinski definition) is 4. The van der Waals surface area contributed by atoms with Crippen molar-refractivity contribution in [1.29, 1.82) is 0 Å². The lowest BCUT2D eigenvalue weighted by Crippen LogP contribution is -2.59. The van der Waals surface area contributed by atoms with Crippen LogP contribution in [0.15, 0.2) is 53.4 Å². The fourth-order valence-electron chi connectivity index (χ4n) is 5.24. The summed E-state index contributed by atoms with van der Waals surface area (Å²) in [6.45, 7) is 3.58. The maximum Gasteiger partial charge on any atom is 0.416 e. The van der Waals surface area contributed by atoms with Crippen molar-refractivity contribution in [2.45, 2.75) is 68.6 Å². The maximum absolute atomic E-state index is 13.4. The predicted octanol–water partition coefficient (Wildman–Crippen LogP) is 5.25. The van der Waals surface area contributed by atoms with Gasteiger partial charge in [0.05, 0.1) is 27.7 Å². The number of nitrogens with zero attached hydrogens (tertiary/aromatic N) is 2. The summed E-state index contributed by atoms with van der Waals surface area (Å²) < 4.78 is 107. The quantitative estimate of drug-likeness (QED) is 0.477. The molecule has 6 nitrogen and oxygen atoms in total. The van der Waals surface area contributed by atoms with E-state index in [2.05, 4.69) is 5.32 Å². The molecule has 2 saturated heterocycles. The van der Waals surface area contributed by atoms with Crippen LogP contribution in [-0.2, 0) is 33.7 Å². The Bertz CT molecular complexity index is 1320. The van der Waals surface area contributed by atoms with Crippen molar-refractivity contribution in [2.75, 3.05) is 13.1 Å². The van der Waals surface area contributed by atoms with E-state index < -0.39 is 50.1 Å². The largest absolute Gasteiger partial charge is 0.416 e. The Hall–Kier alpha value is -2.64. The van der Waals surface area contributed by atoms with E-state index in [1.807, 2.05) is 13.8 Å². The number of piperidine rings is 1. The molecular weight excluding hydrogens is 548 g/mol. The molecule has 0 aliphatic carbocycles. The van der Waals surface area contributed by atoms with Crippen LogP contribution in [0.4, 0.5) is 26.3 Å². The second-order valence-corrected chi connectivity index (χ2v) is 12.3. The summed E-state index contributed by atoms with van der Waals surface area (Å²) >= 11 is 0. The Morgan fingerprint density at radius 3 is 2.08 bits per heavy atom. The van der Waals surface area contributed by atoms with Crippen molar-refractivity contribution >= 4 is 15.9 Å². The molecule has 1 N–H and O–H groups in total. The van der Waals surface area contributed by atoms with Crippen molar-refractivity contribution in [1.82, 2.24) is 14.5 Å². The Morgan fingerprint density at radius 2 is 1.51 bits per heavy atom. The summed E-state index contributed by atoms with van der Waals surface area (Å²) in [6.07, 6.45) is -8.55. The number of hydrogen-bond donors (Lipinski definition) is 1. The molecule has 4 rings (SSSR count). The summed E-state index contributed by atoms with van der Waals surface area (Å²) in [6, 6.07) is 7.63. The van der Waals surface area contributed by atoms with Crippen molar-refractivity contribution in [3.63, 3.8) is 0 Å². The van der Waals surface area contributed by atoms with Gasteiger partial charge in [-0.2, -0.15) is 30.6 Å². The van der Waals surface area contributed by atoms with Gasteiger partial charge in [0.1, 0.15) is 0 Å². The minimum Gasteiger partial charge on any atom is -0.319 e. The van der Waals surface area contributed by atoms with Gasteiger partial charge >= 0.3 is 12.4 Å². The van der Waals surface area contributed by atoms with Crippen LogP contribution in [0.2, 0.25) is 0 Å². The average Bonchev–Trinajstić information content (AvgIpc) is 3.08. The number of carbonyl (C=O) groups excluding carboxylic acids is 1. The van der Waals surface area contributed by atoms with Crippen molar-refractivity contribution in [2.24, 2.45) is 5.92 Å². The van der Waals surface area contributed by atoms with Gasteiger partial charge in [0, 0.05) is 19.6 Å². The second-order valence-electron chi connectivity index (χ2n) is 10.4. The van der Waals surface area contributed by atoms with Crippen LogP contribution in [0.5, 0.6) is 0 Å². The molecule has 0 unspecified atom stereocenters. The second kappa shape index (κ2) is 10.4. The average molecular weight is 578 g/mol. The molecule has 1 atom stereocenters. The maximum atomic E-state index is 13.4. The molecule has 13 heteroatoms. The lowest BCUT2D eigenvalue weighted by atomic mass is 9.96. The normalized spacial score (nSPS) is 20.8. The van der Waals surface area contributed by atoms with Crippen LogP contribution in [0.25, 0.3) is 0 Å². The van der Waals surface area contributed by atoms with E-state index in [-0.39, 0.29) is 49.9 Å². The van der Waals surface area contributed by atoms with Crippen LogP contribution in [0.3, 0.4) is 0 Å². The zero-order valence-electron chi connectivity index (χ0n) is 21.3. The van der Waals surface area contributed by atoms with Crippen molar-refractivity contribution in [3.8, 4) is 0 Å². The van der Waals surface area contributed by atoms with Gasteiger partial charge in [-0.15, -0.1) is 0 Å². The SMILES string of the molecule is CC(C)C[C@H]1NC2(CCN(S(=O)(=O)c3cccc(C(F)(F)F)c3)CC2)N(Cc2cccc(C(F)(F)F)c2)C1=O. The van der Waals surface area contributed by atoms with E-state index in [4.69, 9.17) is 0 Å². The molecule has 2 aliphatic heterocycles. The van der Waals surface area contributed by atoms with Gasteiger partial charge in [-0.3, -0.25) is 10.1 Å². The van der Waals surface area contributed by atoms with Crippen LogP contribution >= 0.6 is 0 Å². The lowest BCUT2D eigenvalue weighted by Gasteiger charge is -2.44. The highest BCUT2D eigenvalue weighted by Gasteiger charge is 2.52. The highest BCUT2D eigenvalue weighted by molar-refractivity contribution is 7.89. The smallest absolute Gasteiger partial charge is 0.319 e. The van der Waals surface area contributed by atoms with Gasteiger partial charge in [0.2, 0.25) is 15.9 Å². The molecule has 0 saturated carbocycles. The Morgan fingerprint density at radius 1 is 0.949 bits per heavy atom. The molecule has 2 heterocycles.